The van der Waals surface area contributed by atoms with Crippen molar-refractivity contribution in [3.63, 3.8) is 0 Å². The highest BCUT2D eigenvalue weighted by atomic mass is 16.5. The fraction of sp³-hybridized carbons (Fsp3) is 0.348. The highest BCUT2D eigenvalue weighted by Gasteiger charge is 2.39. The zero-order valence-corrected chi connectivity index (χ0v) is 16.0. The Labute approximate surface area is 165 Å². The molecule has 146 valence electrons. The van der Waals surface area contributed by atoms with Crippen molar-refractivity contribution < 1.29 is 9.53 Å². The molecular formula is C23H27N3O2. The third-order valence-corrected chi connectivity index (χ3v) is 5.99. The molecular weight excluding hydrogens is 350 g/mol. The molecule has 0 saturated carbocycles. The molecule has 2 aromatic carbocycles. The lowest BCUT2D eigenvalue weighted by Crippen LogP contribution is -2.50. The number of aromatic amines is 1. The summed E-state index contributed by atoms with van der Waals surface area (Å²) in [5, 5.41) is 4.39. The number of hydrogen-bond donors (Lipinski definition) is 3. The average Bonchev–Trinajstić information content (AvgIpc) is 3.19. The van der Waals surface area contributed by atoms with Gasteiger partial charge < -0.3 is 20.8 Å². The second-order valence-corrected chi connectivity index (χ2v) is 7.56. The molecule has 5 nitrogen and oxygen atoms in total. The van der Waals surface area contributed by atoms with Gasteiger partial charge in [0.2, 0.25) is 5.91 Å². The summed E-state index contributed by atoms with van der Waals surface area (Å²) in [6, 6.07) is 18.6. The van der Waals surface area contributed by atoms with Gasteiger partial charge in [-0.05, 0) is 30.0 Å². The number of carbonyl (C=O) groups excluding carboxylic acids is 1. The number of para-hydroxylation sites is 1. The molecule has 1 aliphatic heterocycles. The number of rotatable bonds is 6. The lowest BCUT2D eigenvalue weighted by atomic mass is 9.79. The van der Waals surface area contributed by atoms with E-state index in [-0.39, 0.29) is 11.8 Å². The second kappa shape index (κ2) is 8.17. The van der Waals surface area contributed by atoms with Crippen LogP contribution >= 0.6 is 0 Å². The van der Waals surface area contributed by atoms with Gasteiger partial charge in [0.15, 0.2) is 0 Å². The summed E-state index contributed by atoms with van der Waals surface area (Å²) in [5.41, 5.74) is 8.97. The molecule has 5 heteroatoms. The zero-order chi connectivity index (χ0) is 19.4. The molecule has 0 bridgehead atoms. The van der Waals surface area contributed by atoms with Gasteiger partial charge in [0.1, 0.15) is 0 Å². The van der Waals surface area contributed by atoms with Crippen LogP contribution in [0.25, 0.3) is 10.9 Å². The lowest BCUT2D eigenvalue weighted by Gasteiger charge is -2.35. The van der Waals surface area contributed by atoms with E-state index in [0.29, 0.717) is 39.1 Å². The number of H-pyrrole nitrogens is 1. The average molecular weight is 377 g/mol. The molecule has 1 amide bonds. The van der Waals surface area contributed by atoms with Crippen LogP contribution in [-0.2, 0) is 9.53 Å². The van der Waals surface area contributed by atoms with Gasteiger partial charge in [-0.3, -0.25) is 4.79 Å². The molecule has 2 heterocycles. The Hall–Kier alpha value is -2.63. The number of nitrogens with one attached hydrogen (secondary N) is 2. The van der Waals surface area contributed by atoms with Gasteiger partial charge >= 0.3 is 0 Å². The summed E-state index contributed by atoms with van der Waals surface area (Å²) < 4.78 is 5.44. The van der Waals surface area contributed by atoms with Crippen LogP contribution < -0.4 is 11.1 Å². The Morgan fingerprint density at radius 3 is 2.57 bits per heavy atom. The van der Waals surface area contributed by atoms with Gasteiger partial charge in [-0.2, -0.15) is 0 Å². The molecule has 1 unspecified atom stereocenters. The molecule has 1 atom stereocenters. The highest BCUT2D eigenvalue weighted by Crippen LogP contribution is 2.32. The first kappa shape index (κ1) is 18.7. The second-order valence-electron chi connectivity index (χ2n) is 7.56. The van der Waals surface area contributed by atoms with Gasteiger partial charge in [-0.1, -0.05) is 48.5 Å². The molecule has 1 aromatic heterocycles. The molecule has 1 fully saturated rings. The van der Waals surface area contributed by atoms with E-state index in [1.165, 1.54) is 16.5 Å². The van der Waals surface area contributed by atoms with Crippen molar-refractivity contribution in [1.82, 2.24) is 10.3 Å². The predicted octanol–water partition coefficient (Wildman–Crippen LogP) is 3.17. The number of aromatic nitrogens is 1. The summed E-state index contributed by atoms with van der Waals surface area (Å²) >= 11 is 0. The van der Waals surface area contributed by atoms with Crippen molar-refractivity contribution in [2.45, 2.75) is 18.8 Å². The highest BCUT2D eigenvalue weighted by molar-refractivity contribution is 5.85. The maximum Gasteiger partial charge on any atom is 0.227 e. The topological polar surface area (TPSA) is 80.1 Å². The number of nitrogens with two attached hydrogens (primary N) is 1. The Kier molecular flexibility index (Phi) is 5.46. The quantitative estimate of drug-likeness (QED) is 0.617. The minimum absolute atomic E-state index is 0.0408. The van der Waals surface area contributed by atoms with E-state index >= 15 is 0 Å². The van der Waals surface area contributed by atoms with Crippen LogP contribution in [0.5, 0.6) is 0 Å². The number of ether oxygens (including phenoxy) is 1. The standard InChI is InChI=1S/C23H27N3O2/c24-16-23(10-12-28-13-11-23)22(27)26-14-19(17-6-2-1-3-7-17)20-15-25-21-9-5-4-8-18(20)21/h1-9,15,19,25H,10-14,16,24H2,(H,26,27). The number of amides is 1. The molecule has 0 radical (unpaired) electrons. The van der Waals surface area contributed by atoms with Crippen molar-refractivity contribution in [3.05, 3.63) is 71.9 Å². The number of carbonyl (C=O) groups is 1. The number of benzene rings is 2. The van der Waals surface area contributed by atoms with Gasteiger partial charge in [0, 0.05) is 49.3 Å². The van der Waals surface area contributed by atoms with E-state index in [1.807, 2.05) is 30.3 Å². The third kappa shape index (κ3) is 3.55. The third-order valence-electron chi connectivity index (χ3n) is 5.99. The SMILES string of the molecule is NCC1(C(=O)NCC(c2ccccc2)c2c[nH]c3ccccc23)CCOCC1. The summed E-state index contributed by atoms with van der Waals surface area (Å²) in [4.78, 5) is 16.4. The van der Waals surface area contributed by atoms with E-state index in [4.69, 9.17) is 10.5 Å². The molecule has 0 aliphatic carbocycles. The van der Waals surface area contributed by atoms with Crippen LogP contribution in [0.15, 0.2) is 60.8 Å². The van der Waals surface area contributed by atoms with Gasteiger partial charge in [-0.25, -0.2) is 0 Å². The summed E-state index contributed by atoms with van der Waals surface area (Å²) in [7, 11) is 0. The fourth-order valence-corrected chi connectivity index (χ4v) is 4.14. The van der Waals surface area contributed by atoms with E-state index in [9.17, 15) is 4.79 Å². The van der Waals surface area contributed by atoms with Crippen molar-refractivity contribution in [2.75, 3.05) is 26.3 Å². The minimum Gasteiger partial charge on any atom is -0.381 e. The monoisotopic (exact) mass is 377 g/mol. The Morgan fingerprint density at radius 1 is 1.11 bits per heavy atom. The van der Waals surface area contributed by atoms with Crippen molar-refractivity contribution in [2.24, 2.45) is 11.1 Å². The maximum atomic E-state index is 13.1. The largest absolute Gasteiger partial charge is 0.381 e. The molecule has 4 rings (SSSR count). The van der Waals surface area contributed by atoms with Crippen molar-refractivity contribution in [3.8, 4) is 0 Å². The number of hydrogen-bond acceptors (Lipinski definition) is 3. The van der Waals surface area contributed by atoms with Gasteiger partial charge in [0.25, 0.3) is 0 Å². The fourth-order valence-electron chi connectivity index (χ4n) is 4.14. The van der Waals surface area contributed by atoms with E-state index in [1.54, 1.807) is 0 Å². The molecule has 28 heavy (non-hydrogen) atoms. The summed E-state index contributed by atoms with van der Waals surface area (Å²) in [5.74, 6) is 0.107. The zero-order valence-electron chi connectivity index (χ0n) is 16.0. The molecule has 3 aromatic rings. The van der Waals surface area contributed by atoms with Crippen LogP contribution in [0.3, 0.4) is 0 Å². The van der Waals surface area contributed by atoms with E-state index in [2.05, 4.69) is 40.8 Å². The van der Waals surface area contributed by atoms with E-state index in [0.717, 1.165) is 5.52 Å². The lowest BCUT2D eigenvalue weighted by molar-refractivity contribution is -0.135. The maximum absolute atomic E-state index is 13.1. The first-order chi connectivity index (χ1) is 13.7. The van der Waals surface area contributed by atoms with Crippen molar-refractivity contribution in [1.29, 1.82) is 0 Å². The molecule has 1 aliphatic rings. The van der Waals surface area contributed by atoms with Crippen molar-refractivity contribution >= 4 is 16.8 Å². The van der Waals surface area contributed by atoms with Crippen LogP contribution in [0.1, 0.15) is 29.9 Å². The minimum atomic E-state index is -0.514. The van der Waals surface area contributed by atoms with E-state index < -0.39 is 5.41 Å². The molecule has 4 N–H and O–H groups in total. The number of fused-ring (bicyclic) bond motifs is 1. The molecule has 1 saturated heterocycles. The predicted molar refractivity (Wildman–Crippen MR) is 111 cm³/mol. The van der Waals surface area contributed by atoms with Crippen LogP contribution in [0.4, 0.5) is 0 Å². The van der Waals surface area contributed by atoms with Crippen LogP contribution in [-0.4, -0.2) is 37.2 Å². The van der Waals surface area contributed by atoms with Gasteiger partial charge in [0.05, 0.1) is 5.41 Å². The molecule has 0 spiro atoms. The van der Waals surface area contributed by atoms with Crippen LogP contribution in [0, 0.1) is 5.41 Å². The van der Waals surface area contributed by atoms with Gasteiger partial charge in [-0.15, -0.1) is 0 Å². The first-order valence-electron chi connectivity index (χ1n) is 9.90. The summed E-state index contributed by atoms with van der Waals surface area (Å²) in [6.45, 7) is 2.07. The Bertz CT molecular complexity index is 929. The Balaban J connectivity index is 1.61. The summed E-state index contributed by atoms with van der Waals surface area (Å²) in [6.07, 6.45) is 3.42. The Morgan fingerprint density at radius 2 is 1.82 bits per heavy atom. The first-order valence-corrected chi connectivity index (χ1v) is 9.90. The van der Waals surface area contributed by atoms with Crippen LogP contribution in [0.2, 0.25) is 0 Å². The normalized spacial score (nSPS) is 17.3. The smallest absolute Gasteiger partial charge is 0.227 e.